The third-order valence-electron chi connectivity index (χ3n) is 4.44. The number of hydrogen-bond donors (Lipinski definition) is 2. The normalized spacial score (nSPS) is 11.0. The van der Waals surface area contributed by atoms with Crippen molar-refractivity contribution < 1.29 is 0 Å². The highest BCUT2D eigenvalue weighted by Crippen LogP contribution is 2.06. The Bertz CT molecular complexity index is 856. The number of guanidine groups is 1. The highest BCUT2D eigenvalue weighted by Gasteiger charge is 2.05. The Hall–Kier alpha value is -2.35. The number of aliphatic imine (C=N–C) groups is 1. The molecule has 0 bridgehead atoms. The molecule has 0 fully saturated rings. The van der Waals surface area contributed by atoms with E-state index in [4.69, 9.17) is 0 Å². The Morgan fingerprint density at radius 2 is 1.75 bits per heavy atom. The van der Waals surface area contributed by atoms with Gasteiger partial charge >= 0.3 is 0 Å². The van der Waals surface area contributed by atoms with Crippen LogP contribution in [0.15, 0.2) is 72.0 Å². The lowest BCUT2D eigenvalue weighted by Gasteiger charge is -2.13. The molecule has 1 aromatic heterocycles. The van der Waals surface area contributed by atoms with E-state index in [1.165, 1.54) is 16.7 Å². The fraction of sp³-hybridized carbons (Fsp3) is 0.273. The first-order valence-electron chi connectivity index (χ1n) is 9.28. The van der Waals surface area contributed by atoms with Gasteiger partial charge in [0.1, 0.15) is 5.82 Å². The monoisotopic (exact) mass is 489 g/mol. The van der Waals surface area contributed by atoms with E-state index in [9.17, 15) is 0 Å². The average molecular weight is 489 g/mol. The summed E-state index contributed by atoms with van der Waals surface area (Å²) < 4.78 is 2.19. The molecule has 0 saturated carbocycles. The first-order chi connectivity index (χ1) is 13.2. The average Bonchev–Trinajstić information content (AvgIpc) is 3.13. The number of nitrogens with zero attached hydrogens (tertiary/aromatic N) is 3. The summed E-state index contributed by atoms with van der Waals surface area (Å²) in [4.78, 5) is 8.80. The van der Waals surface area contributed by atoms with Crippen LogP contribution in [0, 0.1) is 6.92 Å². The maximum atomic E-state index is 4.50. The van der Waals surface area contributed by atoms with Gasteiger partial charge < -0.3 is 15.2 Å². The molecule has 6 heteroatoms. The van der Waals surface area contributed by atoms with E-state index in [1.807, 2.05) is 18.5 Å². The third-order valence-corrected chi connectivity index (χ3v) is 4.44. The van der Waals surface area contributed by atoms with Gasteiger partial charge in [0, 0.05) is 45.5 Å². The van der Waals surface area contributed by atoms with Crippen molar-refractivity contribution in [3.05, 3.63) is 89.5 Å². The molecular formula is C22H28IN5. The molecule has 28 heavy (non-hydrogen) atoms. The summed E-state index contributed by atoms with van der Waals surface area (Å²) >= 11 is 0. The van der Waals surface area contributed by atoms with Gasteiger partial charge in [0.05, 0.1) is 0 Å². The van der Waals surface area contributed by atoms with Gasteiger partial charge in [-0.2, -0.15) is 0 Å². The van der Waals surface area contributed by atoms with Crippen molar-refractivity contribution in [2.75, 3.05) is 13.6 Å². The molecule has 3 rings (SSSR count). The second kappa shape index (κ2) is 11.5. The summed E-state index contributed by atoms with van der Waals surface area (Å²) in [5.74, 6) is 1.87. The molecule has 2 aromatic carbocycles. The van der Waals surface area contributed by atoms with Crippen molar-refractivity contribution in [3.8, 4) is 0 Å². The van der Waals surface area contributed by atoms with Gasteiger partial charge in [0.25, 0.3) is 0 Å². The summed E-state index contributed by atoms with van der Waals surface area (Å²) in [5.41, 5.74) is 3.79. The Balaban J connectivity index is 0.00000280. The molecule has 0 unspecified atom stereocenters. The molecule has 3 aromatic rings. The Kier molecular flexibility index (Phi) is 9.00. The van der Waals surface area contributed by atoms with Crippen LogP contribution in [-0.2, 0) is 19.5 Å². The lowest BCUT2D eigenvalue weighted by Crippen LogP contribution is -2.38. The summed E-state index contributed by atoms with van der Waals surface area (Å²) in [6.07, 6.45) is 4.74. The molecule has 0 atom stereocenters. The number of benzene rings is 2. The van der Waals surface area contributed by atoms with E-state index in [2.05, 4.69) is 80.6 Å². The van der Waals surface area contributed by atoms with Gasteiger partial charge in [-0.15, -0.1) is 24.0 Å². The Morgan fingerprint density at radius 1 is 1.00 bits per heavy atom. The quantitative estimate of drug-likeness (QED) is 0.302. The molecular weight excluding hydrogens is 461 g/mol. The molecule has 0 radical (unpaired) electrons. The maximum absolute atomic E-state index is 4.50. The Morgan fingerprint density at radius 3 is 2.46 bits per heavy atom. The van der Waals surface area contributed by atoms with Gasteiger partial charge in [-0.1, -0.05) is 60.2 Å². The molecule has 0 spiro atoms. The van der Waals surface area contributed by atoms with E-state index in [-0.39, 0.29) is 24.0 Å². The zero-order chi connectivity index (χ0) is 18.9. The fourth-order valence-corrected chi connectivity index (χ4v) is 2.90. The van der Waals surface area contributed by atoms with Gasteiger partial charge in [-0.05, 0) is 18.1 Å². The minimum absolute atomic E-state index is 0. The fourth-order valence-electron chi connectivity index (χ4n) is 2.90. The zero-order valence-corrected chi connectivity index (χ0v) is 18.8. The molecule has 2 N–H and O–H groups in total. The summed E-state index contributed by atoms with van der Waals surface area (Å²) in [6.45, 7) is 4.47. The predicted molar refractivity (Wildman–Crippen MR) is 126 cm³/mol. The molecule has 5 nitrogen and oxygen atoms in total. The largest absolute Gasteiger partial charge is 0.356 e. The predicted octanol–water partition coefficient (Wildman–Crippen LogP) is 3.77. The van der Waals surface area contributed by atoms with E-state index >= 15 is 0 Å². The summed E-state index contributed by atoms with van der Waals surface area (Å²) in [7, 11) is 1.79. The molecule has 0 aliphatic carbocycles. The number of rotatable bonds is 7. The van der Waals surface area contributed by atoms with Crippen molar-refractivity contribution >= 4 is 29.9 Å². The van der Waals surface area contributed by atoms with Crippen LogP contribution in [0.4, 0.5) is 0 Å². The van der Waals surface area contributed by atoms with Crippen LogP contribution in [0.25, 0.3) is 0 Å². The topological polar surface area (TPSA) is 54.2 Å². The van der Waals surface area contributed by atoms with Crippen molar-refractivity contribution in [2.45, 2.75) is 26.4 Å². The molecule has 0 aliphatic rings. The first kappa shape index (κ1) is 21.9. The molecule has 148 valence electrons. The lowest BCUT2D eigenvalue weighted by molar-refractivity contribution is 0.694. The van der Waals surface area contributed by atoms with E-state index in [0.29, 0.717) is 0 Å². The second-order valence-electron chi connectivity index (χ2n) is 6.55. The number of aryl methyl sites for hydroxylation is 1. The molecule has 0 amide bonds. The number of hydrogen-bond acceptors (Lipinski definition) is 2. The number of nitrogens with one attached hydrogen (secondary N) is 2. The van der Waals surface area contributed by atoms with Crippen molar-refractivity contribution in [2.24, 2.45) is 4.99 Å². The van der Waals surface area contributed by atoms with E-state index < -0.39 is 0 Å². The molecule has 0 aliphatic heterocycles. The summed E-state index contributed by atoms with van der Waals surface area (Å²) in [6, 6.07) is 19.0. The van der Waals surface area contributed by atoms with Crippen molar-refractivity contribution in [3.63, 3.8) is 0 Å². The van der Waals surface area contributed by atoms with Crippen molar-refractivity contribution in [1.82, 2.24) is 20.2 Å². The van der Waals surface area contributed by atoms with Crippen LogP contribution < -0.4 is 10.6 Å². The van der Waals surface area contributed by atoms with Crippen LogP contribution in [0.5, 0.6) is 0 Å². The Labute approximate surface area is 184 Å². The van der Waals surface area contributed by atoms with Gasteiger partial charge in [0.2, 0.25) is 0 Å². The van der Waals surface area contributed by atoms with Crippen LogP contribution in [0.2, 0.25) is 0 Å². The molecule has 0 saturated heterocycles. The van der Waals surface area contributed by atoms with E-state index in [0.717, 1.165) is 37.8 Å². The third kappa shape index (κ3) is 6.67. The lowest BCUT2D eigenvalue weighted by atomic mass is 10.1. The van der Waals surface area contributed by atoms with Gasteiger partial charge in [-0.25, -0.2) is 4.98 Å². The number of aromatic nitrogens is 2. The van der Waals surface area contributed by atoms with E-state index in [1.54, 1.807) is 7.05 Å². The SMILES string of the molecule is CN=C(NCCc1nccn1Cc1ccccc1)NCc1ccc(C)cc1.I. The van der Waals surface area contributed by atoms with Crippen LogP contribution in [-0.4, -0.2) is 29.1 Å². The maximum Gasteiger partial charge on any atom is 0.191 e. The number of imidazole rings is 1. The zero-order valence-electron chi connectivity index (χ0n) is 16.4. The van der Waals surface area contributed by atoms with Crippen LogP contribution >= 0.6 is 24.0 Å². The van der Waals surface area contributed by atoms with Crippen LogP contribution in [0.1, 0.15) is 22.5 Å². The number of halogens is 1. The minimum Gasteiger partial charge on any atom is -0.356 e. The highest BCUT2D eigenvalue weighted by molar-refractivity contribution is 14.0. The molecule has 1 heterocycles. The standard InChI is InChI=1S/C22H27N5.HI/c1-18-8-10-19(11-9-18)16-26-22(23-2)25-13-12-21-24-14-15-27(21)17-20-6-4-3-5-7-20;/h3-11,14-15H,12-13,16-17H2,1-2H3,(H2,23,25,26);1H. The van der Waals surface area contributed by atoms with Crippen LogP contribution in [0.3, 0.4) is 0 Å². The smallest absolute Gasteiger partial charge is 0.191 e. The summed E-state index contributed by atoms with van der Waals surface area (Å²) in [5, 5.41) is 6.72. The van der Waals surface area contributed by atoms with Crippen molar-refractivity contribution in [1.29, 1.82) is 0 Å². The van der Waals surface area contributed by atoms with Gasteiger partial charge in [0.15, 0.2) is 5.96 Å². The highest BCUT2D eigenvalue weighted by atomic mass is 127. The van der Waals surface area contributed by atoms with Gasteiger partial charge in [-0.3, -0.25) is 4.99 Å². The second-order valence-corrected chi connectivity index (χ2v) is 6.55. The first-order valence-corrected chi connectivity index (χ1v) is 9.28. The minimum atomic E-state index is 0.